The number of urea groups is 1. The van der Waals surface area contributed by atoms with E-state index in [1.54, 1.807) is 60.8 Å². The van der Waals surface area contributed by atoms with E-state index in [1.807, 2.05) is 13.0 Å². The molecule has 4 rings (SSSR count). The Morgan fingerprint density at radius 1 is 1.10 bits per heavy atom. The molecule has 9 heteroatoms. The molecular weight excluding hydrogens is 416 g/mol. The highest BCUT2D eigenvalue weighted by Crippen LogP contribution is 2.30. The number of carbonyl (C=O) groups excluding carboxylic acids is 1. The first kappa shape index (κ1) is 20.4. The molecule has 2 aromatic heterocycles. The van der Waals surface area contributed by atoms with Crippen LogP contribution in [0.3, 0.4) is 0 Å². The average Bonchev–Trinajstić information content (AvgIpc) is 3.24. The summed E-state index contributed by atoms with van der Waals surface area (Å²) in [6.45, 7) is 2.50. The fourth-order valence-electron chi connectivity index (χ4n) is 2.87. The molecule has 2 amide bonds. The Bertz CT molecular complexity index is 1220. The topological polar surface area (TPSA) is 105 Å². The number of ether oxygens (including phenoxy) is 2. The molecular formula is C22H20N4O4S. The van der Waals surface area contributed by atoms with Crippen molar-refractivity contribution >= 4 is 33.7 Å². The first-order valence-corrected chi connectivity index (χ1v) is 10.7. The highest BCUT2D eigenvalue weighted by atomic mass is 32.2. The quantitative estimate of drug-likeness (QED) is 0.393. The predicted octanol–water partition coefficient (Wildman–Crippen LogP) is 4.60. The SMILES string of the molecule is CCOc1ccc(Oc2ccccc2NC(=O)N[S@](=O)c2cnc3[nH]ccc3c2)cc1. The third-order valence-corrected chi connectivity index (χ3v) is 5.29. The van der Waals surface area contributed by atoms with Crippen molar-refractivity contribution in [1.82, 2.24) is 14.7 Å². The van der Waals surface area contributed by atoms with Gasteiger partial charge in [0, 0.05) is 17.8 Å². The van der Waals surface area contributed by atoms with E-state index >= 15 is 0 Å². The summed E-state index contributed by atoms with van der Waals surface area (Å²) in [5.41, 5.74) is 1.12. The van der Waals surface area contributed by atoms with Crippen LogP contribution in [0.5, 0.6) is 17.2 Å². The van der Waals surface area contributed by atoms with E-state index in [9.17, 15) is 9.00 Å². The Balaban J connectivity index is 1.42. The van der Waals surface area contributed by atoms with Crippen LogP contribution >= 0.6 is 0 Å². The molecule has 0 saturated carbocycles. The van der Waals surface area contributed by atoms with Crippen molar-refractivity contribution in [2.45, 2.75) is 11.8 Å². The molecule has 0 bridgehead atoms. The number of carbonyl (C=O) groups is 1. The zero-order valence-electron chi connectivity index (χ0n) is 16.6. The van der Waals surface area contributed by atoms with Gasteiger partial charge >= 0.3 is 6.03 Å². The minimum absolute atomic E-state index is 0.390. The van der Waals surface area contributed by atoms with Gasteiger partial charge in [0.2, 0.25) is 0 Å². The van der Waals surface area contributed by atoms with Gasteiger partial charge in [0.25, 0.3) is 0 Å². The second-order valence-electron chi connectivity index (χ2n) is 6.41. The number of aromatic amines is 1. The van der Waals surface area contributed by atoms with Crippen molar-refractivity contribution in [1.29, 1.82) is 0 Å². The number of H-pyrrole nitrogens is 1. The number of nitrogens with one attached hydrogen (secondary N) is 3. The summed E-state index contributed by atoms with van der Waals surface area (Å²) in [5.74, 6) is 1.78. The summed E-state index contributed by atoms with van der Waals surface area (Å²) in [4.78, 5) is 20.0. The van der Waals surface area contributed by atoms with Gasteiger partial charge in [0.1, 0.15) is 17.1 Å². The lowest BCUT2D eigenvalue weighted by Crippen LogP contribution is -2.30. The summed E-state index contributed by atoms with van der Waals surface area (Å²) >= 11 is 0. The molecule has 8 nitrogen and oxygen atoms in total. The number of hydrogen-bond acceptors (Lipinski definition) is 5. The number of pyridine rings is 1. The van der Waals surface area contributed by atoms with Gasteiger partial charge in [-0.1, -0.05) is 12.1 Å². The number of anilines is 1. The largest absolute Gasteiger partial charge is 0.494 e. The van der Waals surface area contributed by atoms with Gasteiger partial charge in [0.15, 0.2) is 16.7 Å². The second-order valence-corrected chi connectivity index (χ2v) is 7.63. The normalized spacial score (nSPS) is 11.6. The molecule has 31 heavy (non-hydrogen) atoms. The second kappa shape index (κ2) is 9.31. The number of aromatic nitrogens is 2. The average molecular weight is 436 g/mol. The third kappa shape index (κ3) is 5.01. The van der Waals surface area contributed by atoms with Gasteiger partial charge in [-0.3, -0.25) is 4.72 Å². The molecule has 3 N–H and O–H groups in total. The number of para-hydroxylation sites is 2. The van der Waals surface area contributed by atoms with Crippen LogP contribution in [0.2, 0.25) is 0 Å². The van der Waals surface area contributed by atoms with Crippen molar-refractivity contribution in [2.75, 3.05) is 11.9 Å². The van der Waals surface area contributed by atoms with Crippen LogP contribution in [0.25, 0.3) is 11.0 Å². The lowest BCUT2D eigenvalue weighted by atomic mass is 10.3. The van der Waals surface area contributed by atoms with Crippen LogP contribution in [-0.2, 0) is 11.0 Å². The number of nitrogens with zero attached hydrogens (tertiary/aromatic N) is 1. The molecule has 0 aliphatic heterocycles. The van der Waals surface area contributed by atoms with E-state index in [1.165, 1.54) is 6.20 Å². The van der Waals surface area contributed by atoms with Crippen LogP contribution < -0.4 is 19.5 Å². The fourth-order valence-corrected chi connectivity index (χ4v) is 3.59. The van der Waals surface area contributed by atoms with Gasteiger partial charge in [-0.2, -0.15) is 0 Å². The molecule has 0 spiro atoms. The summed E-state index contributed by atoms with van der Waals surface area (Å²) in [6, 6.07) is 17.0. The van der Waals surface area contributed by atoms with Gasteiger partial charge in [-0.05, 0) is 55.5 Å². The van der Waals surface area contributed by atoms with E-state index in [0.717, 1.165) is 11.1 Å². The molecule has 4 aromatic rings. The van der Waals surface area contributed by atoms with Crippen LogP contribution in [0.15, 0.2) is 78.0 Å². The highest BCUT2D eigenvalue weighted by molar-refractivity contribution is 7.83. The number of amides is 2. The zero-order valence-corrected chi connectivity index (χ0v) is 17.4. The number of hydrogen-bond donors (Lipinski definition) is 3. The fraction of sp³-hybridized carbons (Fsp3) is 0.0909. The maximum atomic E-state index is 12.5. The summed E-state index contributed by atoms with van der Waals surface area (Å²) < 4.78 is 26.2. The Morgan fingerprint density at radius 3 is 2.68 bits per heavy atom. The van der Waals surface area contributed by atoms with Crippen molar-refractivity contribution in [3.05, 3.63) is 73.1 Å². The van der Waals surface area contributed by atoms with Gasteiger partial charge < -0.3 is 19.8 Å². The van der Waals surface area contributed by atoms with Crippen molar-refractivity contribution in [3.63, 3.8) is 0 Å². The standard InChI is InChI=1S/C22H20N4O4S/c1-2-29-16-7-9-17(10-8-16)30-20-6-4-3-5-19(20)25-22(27)26-31(28)18-13-15-11-12-23-21(15)24-14-18/h3-14H,2H2,1H3,(H,23,24)(H2,25,26,27)/t31-/m1/s1. The molecule has 158 valence electrons. The molecule has 0 unspecified atom stereocenters. The van der Waals surface area contributed by atoms with E-state index in [0.29, 0.717) is 34.3 Å². The number of benzene rings is 2. The van der Waals surface area contributed by atoms with Crippen LogP contribution in [0.4, 0.5) is 10.5 Å². The zero-order chi connectivity index (χ0) is 21.6. The monoisotopic (exact) mass is 436 g/mol. The van der Waals surface area contributed by atoms with E-state index in [-0.39, 0.29) is 0 Å². The summed E-state index contributed by atoms with van der Waals surface area (Å²) in [6.07, 6.45) is 3.20. The summed E-state index contributed by atoms with van der Waals surface area (Å²) in [7, 11) is -1.77. The Kier molecular flexibility index (Phi) is 6.13. The highest BCUT2D eigenvalue weighted by Gasteiger charge is 2.13. The maximum absolute atomic E-state index is 12.5. The van der Waals surface area contributed by atoms with Gasteiger partial charge in [0.05, 0.1) is 17.2 Å². The van der Waals surface area contributed by atoms with Crippen LogP contribution in [0, 0.1) is 0 Å². The predicted molar refractivity (Wildman–Crippen MR) is 119 cm³/mol. The minimum atomic E-state index is -1.77. The lowest BCUT2D eigenvalue weighted by molar-refractivity contribution is 0.257. The Hall–Kier alpha value is -3.85. The van der Waals surface area contributed by atoms with E-state index in [4.69, 9.17) is 9.47 Å². The molecule has 0 aliphatic carbocycles. The van der Waals surface area contributed by atoms with Crippen LogP contribution in [-0.4, -0.2) is 26.8 Å². The molecule has 0 saturated heterocycles. The third-order valence-electron chi connectivity index (χ3n) is 4.27. The maximum Gasteiger partial charge on any atom is 0.331 e. The van der Waals surface area contributed by atoms with Crippen molar-refractivity contribution in [3.8, 4) is 17.2 Å². The molecule has 0 fully saturated rings. The first-order valence-electron chi connectivity index (χ1n) is 9.54. The van der Waals surface area contributed by atoms with Gasteiger partial charge in [-0.15, -0.1) is 0 Å². The van der Waals surface area contributed by atoms with Gasteiger partial charge in [-0.25, -0.2) is 14.0 Å². The van der Waals surface area contributed by atoms with E-state index in [2.05, 4.69) is 20.0 Å². The van der Waals surface area contributed by atoms with Crippen LogP contribution in [0.1, 0.15) is 6.92 Å². The van der Waals surface area contributed by atoms with Crippen molar-refractivity contribution < 1.29 is 18.5 Å². The minimum Gasteiger partial charge on any atom is -0.494 e. The number of fused-ring (bicyclic) bond motifs is 1. The molecule has 0 aliphatic rings. The number of rotatable bonds is 7. The van der Waals surface area contributed by atoms with Crippen molar-refractivity contribution in [2.24, 2.45) is 0 Å². The lowest BCUT2D eigenvalue weighted by Gasteiger charge is -2.13. The molecule has 0 radical (unpaired) electrons. The Labute approximate surface area is 181 Å². The molecule has 2 heterocycles. The first-order chi connectivity index (χ1) is 15.1. The summed E-state index contributed by atoms with van der Waals surface area (Å²) in [5, 5.41) is 3.48. The Morgan fingerprint density at radius 2 is 1.87 bits per heavy atom. The smallest absolute Gasteiger partial charge is 0.331 e. The van der Waals surface area contributed by atoms with E-state index < -0.39 is 17.0 Å². The molecule has 1 atom stereocenters. The molecule has 2 aromatic carbocycles.